The van der Waals surface area contributed by atoms with Gasteiger partial charge in [0.25, 0.3) is 0 Å². The summed E-state index contributed by atoms with van der Waals surface area (Å²) in [6.45, 7) is 2.02. The molecular weight excluding hydrogens is 268 g/mol. The number of nitrogens with zero attached hydrogens (tertiary/aromatic N) is 2. The number of ether oxygens (including phenoxy) is 1. The van der Waals surface area contributed by atoms with E-state index >= 15 is 0 Å². The van der Waals surface area contributed by atoms with Crippen LogP contribution in [-0.2, 0) is 9.53 Å². The molecule has 0 bridgehead atoms. The van der Waals surface area contributed by atoms with E-state index in [-0.39, 0.29) is 5.91 Å². The minimum Gasteiger partial charge on any atom is -0.384 e. The molecule has 0 atom stereocenters. The Morgan fingerprint density at radius 2 is 2.26 bits per heavy atom. The fourth-order valence-corrected chi connectivity index (χ4v) is 2.42. The molecule has 0 aromatic carbocycles. The van der Waals surface area contributed by atoms with Crippen LogP contribution >= 0.6 is 11.6 Å². The van der Waals surface area contributed by atoms with Crippen LogP contribution in [-0.4, -0.2) is 42.7 Å². The van der Waals surface area contributed by atoms with Crippen LogP contribution in [0.4, 0.5) is 5.82 Å². The summed E-state index contributed by atoms with van der Waals surface area (Å²) in [5, 5.41) is 6.34. The van der Waals surface area contributed by atoms with Gasteiger partial charge in [-0.3, -0.25) is 4.79 Å². The van der Waals surface area contributed by atoms with Crippen molar-refractivity contribution < 1.29 is 9.53 Å². The third-order valence-electron chi connectivity index (χ3n) is 3.34. The third kappa shape index (κ3) is 3.40. The standard InChI is InChI=1S/C12H17ClN4O2/c1-19-7-12(2-4-14-5-3-12)11(18)17-10-6-9(13)15-8-16-10/h6,8,14H,2-5,7H2,1H3,(H,15,16,17,18). The number of aromatic nitrogens is 2. The lowest BCUT2D eigenvalue weighted by molar-refractivity contribution is -0.130. The average Bonchev–Trinajstić information content (AvgIpc) is 2.40. The first-order valence-electron chi connectivity index (χ1n) is 6.15. The minimum absolute atomic E-state index is 0.0781. The number of methoxy groups -OCH3 is 1. The molecule has 1 fully saturated rings. The zero-order chi connectivity index (χ0) is 13.7. The van der Waals surface area contributed by atoms with Gasteiger partial charge >= 0.3 is 0 Å². The molecule has 1 amide bonds. The van der Waals surface area contributed by atoms with Gasteiger partial charge < -0.3 is 15.4 Å². The van der Waals surface area contributed by atoms with Gasteiger partial charge in [0.15, 0.2) is 0 Å². The van der Waals surface area contributed by atoms with Crippen molar-refractivity contribution in [3.05, 3.63) is 17.5 Å². The predicted octanol–water partition coefficient (Wildman–Crippen LogP) is 1.08. The molecule has 0 aliphatic carbocycles. The highest BCUT2D eigenvalue weighted by Gasteiger charge is 2.39. The Balaban J connectivity index is 2.11. The first-order valence-corrected chi connectivity index (χ1v) is 6.53. The van der Waals surface area contributed by atoms with Crippen LogP contribution in [0.15, 0.2) is 12.4 Å². The maximum atomic E-state index is 12.5. The first-order chi connectivity index (χ1) is 9.16. The molecule has 1 aromatic rings. The second-order valence-corrected chi connectivity index (χ2v) is 5.03. The zero-order valence-electron chi connectivity index (χ0n) is 10.8. The molecule has 0 saturated carbocycles. The molecule has 0 spiro atoms. The summed E-state index contributed by atoms with van der Waals surface area (Å²) in [4.78, 5) is 20.2. The molecule has 0 unspecified atom stereocenters. The van der Waals surface area contributed by atoms with E-state index in [9.17, 15) is 4.79 Å². The van der Waals surface area contributed by atoms with Crippen molar-refractivity contribution in [2.24, 2.45) is 5.41 Å². The number of carbonyl (C=O) groups is 1. The lowest BCUT2D eigenvalue weighted by Gasteiger charge is -2.35. The number of amides is 1. The molecule has 19 heavy (non-hydrogen) atoms. The second-order valence-electron chi connectivity index (χ2n) is 4.64. The van der Waals surface area contributed by atoms with Crippen molar-refractivity contribution in [1.82, 2.24) is 15.3 Å². The van der Waals surface area contributed by atoms with Crippen molar-refractivity contribution in [3.63, 3.8) is 0 Å². The van der Waals surface area contributed by atoms with E-state index in [4.69, 9.17) is 16.3 Å². The highest BCUT2D eigenvalue weighted by Crippen LogP contribution is 2.30. The van der Waals surface area contributed by atoms with Crippen molar-refractivity contribution in [1.29, 1.82) is 0 Å². The average molecular weight is 285 g/mol. The Bertz CT molecular complexity index is 444. The number of hydrogen-bond donors (Lipinski definition) is 2. The lowest BCUT2D eigenvalue weighted by atomic mass is 9.78. The summed E-state index contributed by atoms with van der Waals surface area (Å²) >= 11 is 5.77. The van der Waals surface area contributed by atoms with Gasteiger partial charge in [-0.05, 0) is 25.9 Å². The van der Waals surface area contributed by atoms with Crippen LogP contribution in [0.5, 0.6) is 0 Å². The van der Waals surface area contributed by atoms with Gasteiger partial charge in [-0.2, -0.15) is 0 Å². The van der Waals surface area contributed by atoms with Gasteiger partial charge in [0.1, 0.15) is 17.3 Å². The monoisotopic (exact) mass is 284 g/mol. The van der Waals surface area contributed by atoms with Crippen LogP contribution < -0.4 is 10.6 Å². The molecule has 1 saturated heterocycles. The summed E-state index contributed by atoms with van der Waals surface area (Å²) in [5.74, 6) is 0.338. The second kappa shape index (κ2) is 6.27. The smallest absolute Gasteiger partial charge is 0.234 e. The SMILES string of the molecule is COCC1(C(=O)Nc2cc(Cl)ncn2)CCNCC1. The van der Waals surface area contributed by atoms with Gasteiger partial charge in [-0.25, -0.2) is 9.97 Å². The van der Waals surface area contributed by atoms with E-state index in [1.807, 2.05) is 0 Å². The summed E-state index contributed by atoms with van der Waals surface area (Å²) in [6, 6.07) is 1.53. The Morgan fingerprint density at radius 3 is 2.89 bits per heavy atom. The topological polar surface area (TPSA) is 76.1 Å². The molecular formula is C12H17ClN4O2. The molecule has 2 N–H and O–H groups in total. The van der Waals surface area contributed by atoms with Crippen LogP contribution in [0.2, 0.25) is 5.15 Å². The molecule has 104 valence electrons. The predicted molar refractivity (Wildman–Crippen MR) is 72.1 cm³/mol. The number of carbonyl (C=O) groups excluding carboxylic acids is 1. The van der Waals surface area contributed by atoms with Crippen molar-refractivity contribution in [2.75, 3.05) is 32.1 Å². The Morgan fingerprint density at radius 1 is 1.53 bits per heavy atom. The van der Waals surface area contributed by atoms with Crippen molar-refractivity contribution in [3.8, 4) is 0 Å². The fraction of sp³-hybridized carbons (Fsp3) is 0.583. The van der Waals surface area contributed by atoms with Gasteiger partial charge in [0.05, 0.1) is 12.0 Å². The summed E-state index contributed by atoms with van der Waals surface area (Å²) in [7, 11) is 1.61. The number of anilines is 1. The number of rotatable bonds is 4. The molecule has 6 nitrogen and oxygen atoms in total. The largest absolute Gasteiger partial charge is 0.384 e. The van der Waals surface area contributed by atoms with Gasteiger partial charge in [0, 0.05) is 13.2 Å². The highest BCUT2D eigenvalue weighted by atomic mass is 35.5. The molecule has 1 aliphatic heterocycles. The third-order valence-corrected chi connectivity index (χ3v) is 3.54. The Labute approximate surface area is 116 Å². The molecule has 2 heterocycles. The van der Waals surface area contributed by atoms with E-state index in [0.717, 1.165) is 25.9 Å². The molecule has 7 heteroatoms. The van der Waals surface area contributed by atoms with Gasteiger partial charge in [0.2, 0.25) is 5.91 Å². The normalized spacial score (nSPS) is 18.0. The van der Waals surface area contributed by atoms with E-state index in [1.54, 1.807) is 7.11 Å². The summed E-state index contributed by atoms with van der Waals surface area (Å²) in [6.07, 6.45) is 2.81. The van der Waals surface area contributed by atoms with E-state index in [0.29, 0.717) is 17.6 Å². The van der Waals surface area contributed by atoms with Crippen LogP contribution in [0.25, 0.3) is 0 Å². The fourth-order valence-electron chi connectivity index (χ4n) is 2.27. The van der Waals surface area contributed by atoms with Crippen molar-refractivity contribution in [2.45, 2.75) is 12.8 Å². The maximum Gasteiger partial charge on any atom is 0.234 e. The quantitative estimate of drug-likeness (QED) is 0.809. The number of piperidine rings is 1. The maximum absolute atomic E-state index is 12.5. The van der Waals surface area contributed by atoms with E-state index in [2.05, 4.69) is 20.6 Å². The van der Waals surface area contributed by atoms with Crippen LogP contribution in [0.1, 0.15) is 12.8 Å². The number of hydrogen-bond acceptors (Lipinski definition) is 5. The lowest BCUT2D eigenvalue weighted by Crippen LogP contribution is -2.47. The van der Waals surface area contributed by atoms with Gasteiger partial charge in [-0.1, -0.05) is 11.6 Å². The van der Waals surface area contributed by atoms with E-state index in [1.165, 1.54) is 12.4 Å². The van der Waals surface area contributed by atoms with Gasteiger partial charge in [-0.15, -0.1) is 0 Å². The Kier molecular flexibility index (Phi) is 4.68. The molecule has 1 aromatic heterocycles. The van der Waals surface area contributed by atoms with Crippen LogP contribution in [0.3, 0.4) is 0 Å². The summed E-state index contributed by atoms with van der Waals surface area (Å²) < 4.78 is 5.22. The highest BCUT2D eigenvalue weighted by molar-refractivity contribution is 6.29. The minimum atomic E-state index is -0.503. The molecule has 0 radical (unpaired) electrons. The van der Waals surface area contributed by atoms with Crippen molar-refractivity contribution >= 4 is 23.3 Å². The number of nitrogens with one attached hydrogen (secondary N) is 2. The van der Waals surface area contributed by atoms with Crippen LogP contribution in [0, 0.1) is 5.41 Å². The molecule has 1 aliphatic rings. The first kappa shape index (κ1) is 14.2. The Hall–Kier alpha value is -1.24. The number of halogens is 1. The summed E-state index contributed by atoms with van der Waals surface area (Å²) in [5.41, 5.74) is -0.503. The molecule has 2 rings (SSSR count). The zero-order valence-corrected chi connectivity index (χ0v) is 11.5. The van der Waals surface area contributed by atoms with E-state index < -0.39 is 5.41 Å².